The predicted octanol–water partition coefficient (Wildman–Crippen LogP) is 2.19. The molecule has 2 heterocycles. The smallest absolute Gasteiger partial charge is 0.274 e. The van der Waals surface area contributed by atoms with Crippen LogP contribution in [0.2, 0.25) is 0 Å². The average Bonchev–Trinajstić information content (AvgIpc) is 2.39. The Balaban J connectivity index is 2.15. The van der Waals surface area contributed by atoms with Crippen LogP contribution in [0.5, 0.6) is 0 Å². The van der Waals surface area contributed by atoms with Gasteiger partial charge in [-0.25, -0.2) is 4.98 Å². The van der Waals surface area contributed by atoms with Crippen LogP contribution < -0.4 is 0 Å². The Kier molecular flexibility index (Phi) is 3.71. The highest BCUT2D eigenvalue weighted by Gasteiger charge is 2.26. The van der Waals surface area contributed by atoms with Gasteiger partial charge in [0, 0.05) is 18.8 Å². The van der Waals surface area contributed by atoms with Gasteiger partial charge in [0.1, 0.15) is 5.69 Å². The summed E-state index contributed by atoms with van der Waals surface area (Å²) in [5, 5.41) is 0. The number of nitrogens with zero attached hydrogens (tertiary/aromatic N) is 3. The zero-order valence-corrected chi connectivity index (χ0v) is 10.5. The number of carbonyl (C=O) groups is 1. The number of aryl methyl sites for hydroxylation is 1. The molecule has 1 aliphatic rings. The van der Waals surface area contributed by atoms with Crippen molar-refractivity contribution in [3.8, 4) is 0 Å². The molecule has 0 spiro atoms. The first kappa shape index (κ1) is 12.0. The maximum absolute atomic E-state index is 12.3. The summed E-state index contributed by atoms with van der Waals surface area (Å²) >= 11 is 0. The van der Waals surface area contributed by atoms with E-state index in [9.17, 15) is 4.79 Å². The monoisotopic (exact) mass is 233 g/mol. The van der Waals surface area contributed by atoms with Crippen LogP contribution in [-0.2, 0) is 0 Å². The van der Waals surface area contributed by atoms with Gasteiger partial charge in [-0.3, -0.25) is 9.78 Å². The van der Waals surface area contributed by atoms with E-state index >= 15 is 0 Å². The molecule has 0 radical (unpaired) electrons. The predicted molar refractivity (Wildman–Crippen MR) is 65.7 cm³/mol. The van der Waals surface area contributed by atoms with Crippen molar-refractivity contribution in [3.05, 3.63) is 23.8 Å². The Hall–Kier alpha value is -1.45. The summed E-state index contributed by atoms with van der Waals surface area (Å²) in [6, 6.07) is 0.374. The van der Waals surface area contributed by atoms with Gasteiger partial charge < -0.3 is 4.90 Å². The van der Waals surface area contributed by atoms with E-state index in [0.29, 0.717) is 11.7 Å². The third-order valence-electron chi connectivity index (χ3n) is 3.36. The van der Waals surface area contributed by atoms with Crippen LogP contribution in [0.3, 0.4) is 0 Å². The minimum absolute atomic E-state index is 0.0315. The van der Waals surface area contributed by atoms with Crippen LogP contribution in [0.4, 0.5) is 0 Å². The summed E-state index contributed by atoms with van der Waals surface area (Å²) < 4.78 is 0. The van der Waals surface area contributed by atoms with Gasteiger partial charge in [0.15, 0.2) is 0 Å². The maximum atomic E-state index is 12.3. The van der Waals surface area contributed by atoms with Crippen molar-refractivity contribution < 1.29 is 4.79 Å². The first-order valence-corrected chi connectivity index (χ1v) is 6.32. The second-order valence-corrected chi connectivity index (χ2v) is 4.60. The van der Waals surface area contributed by atoms with Crippen molar-refractivity contribution in [2.24, 2.45) is 0 Å². The van der Waals surface area contributed by atoms with E-state index < -0.39 is 0 Å². The molecule has 1 atom stereocenters. The number of hydrogen-bond acceptors (Lipinski definition) is 3. The lowest BCUT2D eigenvalue weighted by atomic mass is 10.00. The Labute approximate surface area is 102 Å². The number of amides is 1. The molecule has 0 bridgehead atoms. The number of rotatable bonds is 2. The summed E-state index contributed by atoms with van der Waals surface area (Å²) in [6.07, 6.45) is 7.69. The van der Waals surface area contributed by atoms with E-state index in [1.54, 1.807) is 12.4 Å². The zero-order chi connectivity index (χ0) is 12.3. The van der Waals surface area contributed by atoms with Crippen molar-refractivity contribution in [2.75, 3.05) is 6.54 Å². The molecule has 0 aromatic carbocycles. The highest BCUT2D eigenvalue weighted by Crippen LogP contribution is 2.20. The van der Waals surface area contributed by atoms with Crippen molar-refractivity contribution in [3.63, 3.8) is 0 Å². The molecule has 1 aromatic rings. The van der Waals surface area contributed by atoms with E-state index in [4.69, 9.17) is 0 Å². The molecular formula is C13H19N3O. The first-order valence-electron chi connectivity index (χ1n) is 6.32. The number of carbonyl (C=O) groups excluding carboxylic acids is 1. The van der Waals surface area contributed by atoms with Crippen molar-refractivity contribution in [1.29, 1.82) is 0 Å². The SMILES string of the molecule is CCC1CCCCN1C(=O)c1cnc(C)cn1. The molecule has 1 aromatic heterocycles. The Morgan fingerprint density at radius 2 is 2.24 bits per heavy atom. The molecule has 17 heavy (non-hydrogen) atoms. The van der Waals surface area contributed by atoms with Crippen LogP contribution >= 0.6 is 0 Å². The number of likely N-dealkylation sites (tertiary alicyclic amines) is 1. The van der Waals surface area contributed by atoms with Gasteiger partial charge in [-0.2, -0.15) is 0 Å². The van der Waals surface area contributed by atoms with Gasteiger partial charge >= 0.3 is 0 Å². The quantitative estimate of drug-likeness (QED) is 0.786. The molecule has 0 saturated carbocycles. The average molecular weight is 233 g/mol. The molecule has 92 valence electrons. The second-order valence-electron chi connectivity index (χ2n) is 4.60. The standard InChI is InChI=1S/C13H19N3O/c1-3-11-6-4-5-7-16(11)13(17)12-9-14-10(2)8-15-12/h8-9,11H,3-7H2,1-2H3. The fourth-order valence-corrected chi connectivity index (χ4v) is 2.34. The molecule has 0 aliphatic carbocycles. The minimum atomic E-state index is 0.0315. The van der Waals surface area contributed by atoms with E-state index in [0.717, 1.165) is 31.5 Å². The Bertz CT molecular complexity index is 388. The largest absolute Gasteiger partial charge is 0.334 e. The lowest BCUT2D eigenvalue weighted by molar-refractivity contribution is 0.0601. The molecular weight excluding hydrogens is 214 g/mol. The van der Waals surface area contributed by atoms with E-state index in [1.807, 2.05) is 11.8 Å². The molecule has 1 amide bonds. The van der Waals surface area contributed by atoms with Crippen LogP contribution in [0.25, 0.3) is 0 Å². The molecule has 4 heteroatoms. The van der Waals surface area contributed by atoms with Crippen molar-refractivity contribution in [1.82, 2.24) is 14.9 Å². The third-order valence-corrected chi connectivity index (χ3v) is 3.36. The minimum Gasteiger partial charge on any atom is -0.334 e. The summed E-state index contributed by atoms with van der Waals surface area (Å²) in [5.41, 5.74) is 1.31. The number of hydrogen-bond donors (Lipinski definition) is 0. The Morgan fingerprint density at radius 3 is 2.88 bits per heavy atom. The van der Waals surface area contributed by atoms with E-state index in [1.165, 1.54) is 6.42 Å². The van der Waals surface area contributed by atoms with E-state index in [-0.39, 0.29) is 5.91 Å². The van der Waals surface area contributed by atoms with Crippen molar-refractivity contribution >= 4 is 5.91 Å². The molecule has 1 saturated heterocycles. The lowest BCUT2D eigenvalue weighted by Crippen LogP contribution is -2.43. The molecule has 4 nitrogen and oxygen atoms in total. The highest BCUT2D eigenvalue weighted by atomic mass is 16.2. The molecule has 1 unspecified atom stereocenters. The molecule has 2 rings (SSSR count). The first-order chi connectivity index (χ1) is 8.22. The van der Waals surface area contributed by atoms with Crippen molar-refractivity contribution in [2.45, 2.75) is 45.6 Å². The van der Waals surface area contributed by atoms with Crippen LogP contribution in [0.15, 0.2) is 12.4 Å². The topological polar surface area (TPSA) is 46.1 Å². The van der Waals surface area contributed by atoms with Gasteiger partial charge in [0.2, 0.25) is 0 Å². The van der Waals surface area contributed by atoms with Gasteiger partial charge in [-0.1, -0.05) is 6.92 Å². The summed E-state index contributed by atoms with van der Waals surface area (Å²) in [5.74, 6) is 0.0315. The summed E-state index contributed by atoms with van der Waals surface area (Å²) in [6.45, 7) is 4.86. The number of piperidine rings is 1. The summed E-state index contributed by atoms with van der Waals surface area (Å²) in [4.78, 5) is 22.6. The molecule has 1 fully saturated rings. The highest BCUT2D eigenvalue weighted by molar-refractivity contribution is 5.92. The Morgan fingerprint density at radius 1 is 1.41 bits per heavy atom. The van der Waals surface area contributed by atoms with Crippen LogP contribution in [0, 0.1) is 6.92 Å². The fraction of sp³-hybridized carbons (Fsp3) is 0.615. The van der Waals surface area contributed by atoms with Crippen LogP contribution in [-0.4, -0.2) is 33.4 Å². The third kappa shape index (κ3) is 2.62. The van der Waals surface area contributed by atoms with Gasteiger partial charge in [-0.05, 0) is 32.6 Å². The normalized spacial score (nSPS) is 20.4. The molecule has 1 aliphatic heterocycles. The zero-order valence-electron chi connectivity index (χ0n) is 10.5. The lowest BCUT2D eigenvalue weighted by Gasteiger charge is -2.34. The van der Waals surface area contributed by atoms with Gasteiger partial charge in [0.05, 0.1) is 11.9 Å². The fourth-order valence-electron chi connectivity index (χ4n) is 2.34. The van der Waals surface area contributed by atoms with Gasteiger partial charge in [0.25, 0.3) is 5.91 Å². The van der Waals surface area contributed by atoms with E-state index in [2.05, 4.69) is 16.9 Å². The maximum Gasteiger partial charge on any atom is 0.274 e. The van der Waals surface area contributed by atoms with Gasteiger partial charge in [-0.15, -0.1) is 0 Å². The number of aromatic nitrogens is 2. The summed E-state index contributed by atoms with van der Waals surface area (Å²) in [7, 11) is 0. The second kappa shape index (κ2) is 5.25. The molecule has 0 N–H and O–H groups in total. The van der Waals surface area contributed by atoms with Crippen LogP contribution in [0.1, 0.15) is 48.8 Å².